The van der Waals surface area contributed by atoms with Gasteiger partial charge in [0.25, 0.3) is 0 Å². The third-order valence-corrected chi connectivity index (χ3v) is 2.03. The maximum absolute atomic E-state index is 12.8. The van der Waals surface area contributed by atoms with Gasteiger partial charge in [-0.3, -0.25) is 0 Å². The monoisotopic (exact) mass is 321 g/mol. The van der Waals surface area contributed by atoms with Crippen molar-refractivity contribution >= 4 is 22.6 Å². The second-order valence-electron chi connectivity index (χ2n) is 2.48. The molecule has 0 aromatic carbocycles. The summed E-state index contributed by atoms with van der Waals surface area (Å²) in [5.74, 6) is -1.31. The van der Waals surface area contributed by atoms with Gasteiger partial charge in [0.2, 0.25) is 5.95 Å². The van der Waals surface area contributed by atoms with Gasteiger partial charge in [0.1, 0.15) is 0 Å². The molecule has 1 rings (SSSR count). The molecule has 2 nitrogen and oxygen atoms in total. The highest BCUT2D eigenvalue weighted by atomic mass is 127. The molecule has 14 heavy (non-hydrogen) atoms. The minimum Gasteiger partial charge on any atom is -0.379 e. The van der Waals surface area contributed by atoms with Crippen LogP contribution in [0.25, 0.3) is 0 Å². The van der Waals surface area contributed by atoms with Crippen LogP contribution in [0.15, 0.2) is 12.3 Å². The summed E-state index contributed by atoms with van der Waals surface area (Å²) >= 11 is 1.68. The van der Waals surface area contributed by atoms with E-state index in [0.717, 1.165) is 12.3 Å². The molecule has 0 fully saturated rings. The van der Waals surface area contributed by atoms with Gasteiger partial charge >= 0.3 is 6.18 Å². The van der Waals surface area contributed by atoms with Gasteiger partial charge in [-0.05, 0) is 28.7 Å². The quantitative estimate of drug-likeness (QED) is 0.490. The smallest absolute Gasteiger partial charge is 0.379 e. The van der Waals surface area contributed by atoms with E-state index in [9.17, 15) is 17.6 Å². The minimum atomic E-state index is -4.88. The molecule has 1 aromatic heterocycles. The van der Waals surface area contributed by atoms with Gasteiger partial charge in [-0.1, -0.05) is 0 Å². The molecule has 1 heterocycles. The van der Waals surface area contributed by atoms with Gasteiger partial charge in [0.05, 0.1) is 0 Å². The zero-order valence-corrected chi connectivity index (χ0v) is 8.67. The van der Waals surface area contributed by atoms with Crippen molar-refractivity contribution < 1.29 is 22.7 Å². The van der Waals surface area contributed by atoms with Crippen LogP contribution in [-0.2, 0) is 0 Å². The summed E-state index contributed by atoms with van der Waals surface area (Å²) in [6.45, 7) is 0. The summed E-state index contributed by atoms with van der Waals surface area (Å²) in [7, 11) is 0. The van der Waals surface area contributed by atoms with Crippen molar-refractivity contribution in [1.82, 2.24) is 4.98 Å². The molecular weight excluding hydrogens is 317 g/mol. The maximum atomic E-state index is 12.8. The van der Waals surface area contributed by atoms with E-state index in [2.05, 4.69) is 4.98 Å². The summed E-state index contributed by atoms with van der Waals surface area (Å²) < 4.78 is 49.1. The fraction of sp³-hybridized carbons (Fsp3) is 0.286. The van der Waals surface area contributed by atoms with Gasteiger partial charge in [-0.25, -0.2) is 4.98 Å². The molecule has 0 aliphatic carbocycles. The minimum absolute atomic E-state index is 0.322. The molecule has 0 saturated carbocycles. The highest BCUT2D eigenvalue weighted by Gasteiger charge is 2.41. The van der Waals surface area contributed by atoms with Crippen LogP contribution in [-0.4, -0.2) is 16.3 Å². The molecule has 1 atom stereocenters. The van der Waals surface area contributed by atoms with Crippen LogP contribution in [0.4, 0.5) is 17.6 Å². The molecule has 0 radical (unpaired) electrons. The van der Waals surface area contributed by atoms with Crippen molar-refractivity contribution in [3.63, 3.8) is 0 Å². The lowest BCUT2D eigenvalue weighted by Crippen LogP contribution is -2.21. The Balaban J connectivity index is 3.12. The lowest BCUT2D eigenvalue weighted by molar-refractivity contribution is -0.207. The van der Waals surface area contributed by atoms with Crippen molar-refractivity contribution in [1.29, 1.82) is 0 Å². The number of nitrogens with zero attached hydrogens (tertiary/aromatic N) is 1. The molecule has 7 heteroatoms. The van der Waals surface area contributed by atoms with E-state index in [4.69, 9.17) is 5.11 Å². The van der Waals surface area contributed by atoms with Crippen LogP contribution in [0, 0.1) is 9.52 Å². The number of halogens is 5. The number of hydrogen-bond acceptors (Lipinski definition) is 2. The van der Waals surface area contributed by atoms with Crippen molar-refractivity contribution in [2.24, 2.45) is 0 Å². The fourth-order valence-electron chi connectivity index (χ4n) is 0.806. The number of aliphatic hydroxyl groups excluding tert-OH is 1. The Morgan fingerprint density at radius 3 is 2.50 bits per heavy atom. The Morgan fingerprint density at radius 2 is 2.00 bits per heavy atom. The predicted molar refractivity (Wildman–Crippen MR) is 47.9 cm³/mol. The zero-order valence-electron chi connectivity index (χ0n) is 6.52. The third kappa shape index (κ3) is 2.53. The summed E-state index contributed by atoms with van der Waals surface area (Å²) in [6.07, 6.45) is -6.64. The SMILES string of the molecule is OC(c1cc(I)cnc1F)C(F)(F)F. The van der Waals surface area contributed by atoms with E-state index in [1.54, 1.807) is 22.6 Å². The lowest BCUT2D eigenvalue weighted by Gasteiger charge is -2.14. The molecule has 0 bridgehead atoms. The van der Waals surface area contributed by atoms with Crippen molar-refractivity contribution in [2.75, 3.05) is 0 Å². The number of rotatable bonds is 1. The van der Waals surface area contributed by atoms with Crippen LogP contribution in [0.5, 0.6) is 0 Å². The highest BCUT2D eigenvalue weighted by molar-refractivity contribution is 14.1. The fourth-order valence-corrected chi connectivity index (χ4v) is 1.28. The van der Waals surface area contributed by atoms with Crippen LogP contribution in [0.2, 0.25) is 0 Å². The number of alkyl halides is 3. The van der Waals surface area contributed by atoms with Crippen LogP contribution in [0.1, 0.15) is 11.7 Å². The number of aliphatic hydroxyl groups is 1. The molecule has 1 N–H and O–H groups in total. The average Bonchev–Trinajstić information content (AvgIpc) is 2.06. The average molecular weight is 321 g/mol. The van der Waals surface area contributed by atoms with Crippen molar-refractivity contribution in [2.45, 2.75) is 12.3 Å². The number of pyridine rings is 1. The largest absolute Gasteiger partial charge is 0.418 e. The topological polar surface area (TPSA) is 33.1 Å². The lowest BCUT2D eigenvalue weighted by atomic mass is 10.1. The van der Waals surface area contributed by atoms with E-state index in [-0.39, 0.29) is 0 Å². The third-order valence-electron chi connectivity index (χ3n) is 1.44. The Hall–Kier alpha value is -0.440. The number of hydrogen-bond donors (Lipinski definition) is 1. The zero-order chi connectivity index (χ0) is 10.9. The normalized spacial score (nSPS) is 14.1. The molecule has 1 aromatic rings. The van der Waals surface area contributed by atoms with E-state index in [1.807, 2.05) is 0 Å². The predicted octanol–water partition coefficient (Wildman–Crippen LogP) is 2.42. The first-order valence-corrected chi connectivity index (χ1v) is 4.46. The first-order chi connectivity index (χ1) is 6.32. The van der Waals surface area contributed by atoms with Crippen LogP contribution < -0.4 is 0 Å². The maximum Gasteiger partial charge on any atom is 0.418 e. The molecule has 0 spiro atoms. The van der Waals surface area contributed by atoms with Crippen LogP contribution >= 0.6 is 22.6 Å². The van der Waals surface area contributed by atoms with E-state index < -0.39 is 23.8 Å². The van der Waals surface area contributed by atoms with Gasteiger partial charge in [0.15, 0.2) is 6.10 Å². The van der Waals surface area contributed by atoms with Gasteiger partial charge in [-0.15, -0.1) is 0 Å². The summed E-state index contributed by atoms with van der Waals surface area (Å²) in [4.78, 5) is 3.08. The van der Waals surface area contributed by atoms with Crippen LogP contribution in [0.3, 0.4) is 0 Å². The summed E-state index contributed by atoms with van der Waals surface area (Å²) in [6, 6.07) is 0.904. The molecule has 0 aliphatic heterocycles. The van der Waals surface area contributed by atoms with Gasteiger partial charge < -0.3 is 5.11 Å². The Kier molecular flexibility index (Phi) is 3.30. The van der Waals surface area contributed by atoms with Gasteiger partial charge in [-0.2, -0.15) is 17.6 Å². The summed E-state index contributed by atoms with van der Waals surface area (Å²) in [5.41, 5.74) is -0.857. The Bertz CT molecular complexity index is 341. The molecule has 78 valence electrons. The second-order valence-corrected chi connectivity index (χ2v) is 3.72. The van der Waals surface area contributed by atoms with Crippen molar-refractivity contribution in [3.05, 3.63) is 27.3 Å². The Labute approximate surface area is 90.1 Å². The van der Waals surface area contributed by atoms with Gasteiger partial charge in [0, 0.05) is 15.3 Å². The first kappa shape index (κ1) is 11.6. The molecule has 0 aliphatic rings. The molecule has 1 unspecified atom stereocenters. The highest BCUT2D eigenvalue weighted by Crippen LogP contribution is 2.33. The summed E-state index contributed by atoms with van der Waals surface area (Å²) in [5, 5.41) is 8.75. The second kappa shape index (κ2) is 3.97. The van der Waals surface area contributed by atoms with E-state index in [0.29, 0.717) is 3.57 Å². The van der Waals surface area contributed by atoms with E-state index >= 15 is 0 Å². The molecule has 0 amide bonds. The number of aromatic nitrogens is 1. The first-order valence-electron chi connectivity index (χ1n) is 3.38. The molecule has 0 saturated heterocycles. The Morgan fingerprint density at radius 1 is 1.43 bits per heavy atom. The molecular formula is C7H4F4INO. The van der Waals surface area contributed by atoms with E-state index in [1.165, 1.54) is 0 Å². The standard InChI is InChI=1S/C7H4F4INO/c8-6-4(1-3(12)2-13-6)5(14)7(9,10)11/h1-2,5,14H. The van der Waals surface area contributed by atoms with Crippen molar-refractivity contribution in [3.8, 4) is 0 Å².